The second kappa shape index (κ2) is 8.72. The van der Waals surface area contributed by atoms with Crippen LogP contribution in [0.2, 0.25) is 0 Å². The fraction of sp³-hybridized carbons (Fsp3) is 0.957. The Bertz CT molecular complexity index is 578. The number of likely N-dealkylation sites (tertiary alicyclic amines) is 1. The molecule has 0 amide bonds. The molecule has 1 N–H and O–H groups in total. The summed E-state index contributed by atoms with van der Waals surface area (Å²) < 4.78 is 18.2. The zero-order chi connectivity index (χ0) is 19.7. The van der Waals surface area contributed by atoms with E-state index >= 15 is 0 Å². The summed E-state index contributed by atoms with van der Waals surface area (Å²) in [4.78, 5) is 7.12. The maximum Gasteiger partial charge on any atom is 0.193 e. The van der Waals surface area contributed by atoms with Crippen LogP contribution in [-0.4, -0.2) is 75.2 Å². The first-order valence-electron chi connectivity index (χ1n) is 12.1. The summed E-state index contributed by atoms with van der Waals surface area (Å²) in [5.74, 6) is 1.78. The molecule has 4 atom stereocenters. The molecule has 0 aromatic rings. The van der Waals surface area contributed by atoms with Crippen LogP contribution >= 0.6 is 0 Å². The summed E-state index contributed by atoms with van der Waals surface area (Å²) in [7, 11) is 1.94. The lowest BCUT2D eigenvalue weighted by Gasteiger charge is -2.57. The van der Waals surface area contributed by atoms with Crippen LogP contribution in [0.1, 0.15) is 64.2 Å². The first-order chi connectivity index (χ1) is 14.3. The van der Waals surface area contributed by atoms with Crippen LogP contribution in [0.25, 0.3) is 0 Å². The molecule has 2 aliphatic carbocycles. The van der Waals surface area contributed by atoms with Gasteiger partial charge in [-0.05, 0) is 51.4 Å². The second-order valence-electron chi connectivity index (χ2n) is 9.86. The third-order valence-electron chi connectivity index (χ3n) is 8.32. The number of nitrogens with zero attached hydrogens (tertiary/aromatic N) is 2. The fourth-order valence-electron chi connectivity index (χ4n) is 6.76. The van der Waals surface area contributed by atoms with E-state index in [1.165, 1.54) is 44.9 Å². The van der Waals surface area contributed by atoms with Gasteiger partial charge in [-0.2, -0.15) is 0 Å². The fourth-order valence-corrected chi connectivity index (χ4v) is 6.76. The summed E-state index contributed by atoms with van der Waals surface area (Å²) in [6, 6.07) is 0.550. The van der Waals surface area contributed by atoms with E-state index in [0.29, 0.717) is 35.7 Å². The lowest BCUT2D eigenvalue weighted by Crippen LogP contribution is -2.69. The molecule has 3 heterocycles. The number of aliphatic imine (C=N–C) groups is 1. The Kier molecular flexibility index (Phi) is 6.03. The zero-order valence-electron chi connectivity index (χ0n) is 18.1. The van der Waals surface area contributed by atoms with E-state index in [1.807, 2.05) is 7.05 Å². The van der Waals surface area contributed by atoms with Crippen molar-refractivity contribution in [3.8, 4) is 0 Å². The Balaban J connectivity index is 1.12. The molecule has 0 radical (unpaired) electrons. The van der Waals surface area contributed by atoms with Gasteiger partial charge in [-0.15, -0.1) is 0 Å². The average molecular weight is 406 g/mol. The highest BCUT2D eigenvalue weighted by molar-refractivity contribution is 5.80. The Labute approximate surface area is 175 Å². The highest BCUT2D eigenvalue weighted by atomic mass is 16.5. The van der Waals surface area contributed by atoms with Crippen molar-refractivity contribution in [1.29, 1.82) is 0 Å². The number of hydrogen-bond donors (Lipinski definition) is 1. The third kappa shape index (κ3) is 3.81. The SMILES string of the molecule is CN=C(NC1C2CCOC2C12CCCC2)N1CCC(OCC2CCCCO2)CC1. The van der Waals surface area contributed by atoms with Gasteiger partial charge in [-0.1, -0.05) is 12.8 Å². The van der Waals surface area contributed by atoms with E-state index in [-0.39, 0.29) is 0 Å². The lowest BCUT2D eigenvalue weighted by molar-refractivity contribution is -0.125. The van der Waals surface area contributed by atoms with Gasteiger partial charge in [0.25, 0.3) is 0 Å². The van der Waals surface area contributed by atoms with Gasteiger partial charge in [0.05, 0.1) is 24.9 Å². The quantitative estimate of drug-likeness (QED) is 0.576. The molecule has 3 aliphatic heterocycles. The van der Waals surface area contributed by atoms with Crippen LogP contribution < -0.4 is 5.32 Å². The monoisotopic (exact) mass is 405 g/mol. The molecule has 0 aromatic carbocycles. The van der Waals surface area contributed by atoms with Crippen molar-refractivity contribution < 1.29 is 14.2 Å². The number of piperidine rings is 1. The number of guanidine groups is 1. The van der Waals surface area contributed by atoms with E-state index < -0.39 is 0 Å². The molecule has 4 unspecified atom stereocenters. The molecule has 6 heteroatoms. The Morgan fingerprint density at radius 2 is 1.86 bits per heavy atom. The smallest absolute Gasteiger partial charge is 0.193 e. The molecule has 3 saturated heterocycles. The van der Waals surface area contributed by atoms with Gasteiger partial charge < -0.3 is 24.4 Å². The highest BCUT2D eigenvalue weighted by Gasteiger charge is 2.65. The standard InChI is InChI=1S/C23H39N3O3/c1-24-22(25-20-19-9-15-28-21(19)23(20)10-3-4-11-23)26-12-7-17(8-13-26)29-16-18-6-2-5-14-27-18/h17-21H,2-16H2,1H3,(H,24,25). The molecule has 6 nitrogen and oxygen atoms in total. The maximum absolute atomic E-state index is 6.20. The minimum atomic E-state index is 0.319. The molecule has 0 bridgehead atoms. The summed E-state index contributed by atoms with van der Waals surface area (Å²) in [5, 5.41) is 3.91. The Hall–Kier alpha value is -0.850. The molecule has 5 rings (SSSR count). The summed E-state index contributed by atoms with van der Waals surface area (Å²) in [6.45, 7) is 4.68. The molecule has 5 aliphatic rings. The van der Waals surface area contributed by atoms with Crippen molar-refractivity contribution in [2.45, 2.75) is 88.6 Å². The van der Waals surface area contributed by atoms with Crippen LogP contribution in [0.3, 0.4) is 0 Å². The Morgan fingerprint density at radius 3 is 2.59 bits per heavy atom. The van der Waals surface area contributed by atoms with Gasteiger partial charge >= 0.3 is 0 Å². The van der Waals surface area contributed by atoms with Crippen molar-refractivity contribution in [3.63, 3.8) is 0 Å². The predicted molar refractivity (Wildman–Crippen MR) is 113 cm³/mol. The van der Waals surface area contributed by atoms with Gasteiger partial charge in [0.15, 0.2) is 5.96 Å². The molecular formula is C23H39N3O3. The zero-order valence-corrected chi connectivity index (χ0v) is 18.1. The summed E-state index contributed by atoms with van der Waals surface area (Å²) in [5.41, 5.74) is 0.374. The van der Waals surface area contributed by atoms with E-state index in [9.17, 15) is 0 Å². The highest BCUT2D eigenvalue weighted by Crippen LogP contribution is 2.60. The van der Waals surface area contributed by atoms with Gasteiger partial charge in [0.1, 0.15) is 0 Å². The largest absolute Gasteiger partial charge is 0.377 e. The number of ether oxygens (including phenoxy) is 3. The van der Waals surface area contributed by atoms with Gasteiger partial charge in [0, 0.05) is 50.7 Å². The average Bonchev–Trinajstić information content (AvgIpc) is 3.43. The van der Waals surface area contributed by atoms with Crippen LogP contribution in [0, 0.1) is 11.3 Å². The second-order valence-corrected chi connectivity index (χ2v) is 9.86. The topological polar surface area (TPSA) is 55.3 Å². The number of fused-ring (bicyclic) bond motifs is 2. The van der Waals surface area contributed by atoms with Gasteiger partial charge in [0.2, 0.25) is 0 Å². The first kappa shape index (κ1) is 20.1. The van der Waals surface area contributed by atoms with Gasteiger partial charge in [-0.25, -0.2) is 0 Å². The van der Waals surface area contributed by atoms with E-state index in [2.05, 4.69) is 15.2 Å². The molecule has 5 fully saturated rings. The Morgan fingerprint density at radius 1 is 1.03 bits per heavy atom. The van der Waals surface area contributed by atoms with Crippen LogP contribution in [0.15, 0.2) is 4.99 Å². The predicted octanol–water partition coefficient (Wildman–Crippen LogP) is 2.96. The van der Waals surface area contributed by atoms with Crippen molar-refractivity contribution in [2.24, 2.45) is 16.3 Å². The number of hydrogen-bond acceptors (Lipinski definition) is 4. The van der Waals surface area contributed by atoms with Gasteiger partial charge in [-0.3, -0.25) is 4.99 Å². The molecule has 0 aromatic heterocycles. The minimum Gasteiger partial charge on any atom is -0.377 e. The molecule has 2 saturated carbocycles. The van der Waals surface area contributed by atoms with Crippen LogP contribution in [0.5, 0.6) is 0 Å². The lowest BCUT2D eigenvalue weighted by atomic mass is 9.54. The first-order valence-corrected chi connectivity index (χ1v) is 12.1. The van der Waals surface area contributed by atoms with Crippen molar-refractivity contribution >= 4 is 5.96 Å². The maximum atomic E-state index is 6.20. The molecule has 164 valence electrons. The normalized spacial score (nSPS) is 37.6. The third-order valence-corrected chi connectivity index (χ3v) is 8.32. The molecule has 29 heavy (non-hydrogen) atoms. The van der Waals surface area contributed by atoms with E-state index in [1.54, 1.807) is 0 Å². The van der Waals surface area contributed by atoms with E-state index in [4.69, 9.17) is 14.2 Å². The molecule has 1 spiro atoms. The van der Waals surface area contributed by atoms with Crippen LogP contribution in [-0.2, 0) is 14.2 Å². The van der Waals surface area contributed by atoms with E-state index in [0.717, 1.165) is 58.1 Å². The minimum absolute atomic E-state index is 0.319. The number of rotatable bonds is 4. The summed E-state index contributed by atoms with van der Waals surface area (Å²) in [6.07, 6.45) is 13.6. The van der Waals surface area contributed by atoms with Crippen LogP contribution in [0.4, 0.5) is 0 Å². The molecular weight excluding hydrogens is 366 g/mol. The van der Waals surface area contributed by atoms with Crippen molar-refractivity contribution in [2.75, 3.05) is 40.0 Å². The van der Waals surface area contributed by atoms with Crippen molar-refractivity contribution in [1.82, 2.24) is 10.2 Å². The number of nitrogens with one attached hydrogen (secondary N) is 1. The summed E-state index contributed by atoms with van der Waals surface area (Å²) >= 11 is 0. The van der Waals surface area contributed by atoms with Crippen molar-refractivity contribution in [3.05, 3.63) is 0 Å².